The predicted molar refractivity (Wildman–Crippen MR) is 324 cm³/mol. The molecule has 1 aliphatic carbocycles. The van der Waals surface area contributed by atoms with Gasteiger partial charge in [-0.15, -0.1) is 11.3 Å². The van der Waals surface area contributed by atoms with E-state index in [-0.39, 0.29) is 0 Å². The van der Waals surface area contributed by atoms with Crippen LogP contribution in [0.1, 0.15) is 24.0 Å². The van der Waals surface area contributed by atoms with E-state index in [0.29, 0.717) is 0 Å². The number of benzene rings is 12. The number of thiophene rings is 1. The van der Waals surface area contributed by atoms with Crippen LogP contribution in [-0.4, -0.2) is 4.57 Å². The maximum absolute atomic E-state index is 6.26. The Bertz CT molecular complexity index is 4810. The topological polar surface area (TPSA) is 21.3 Å². The van der Waals surface area contributed by atoms with Crippen LogP contribution >= 0.6 is 11.3 Å². The number of aryl methyl sites for hydroxylation is 2. The Morgan fingerprint density at radius 1 is 0.342 bits per heavy atom. The summed E-state index contributed by atoms with van der Waals surface area (Å²) >= 11 is 1.87. The van der Waals surface area contributed by atoms with E-state index in [1.807, 2.05) is 23.5 Å². The van der Waals surface area contributed by atoms with Crippen LogP contribution in [0.2, 0.25) is 0 Å². The van der Waals surface area contributed by atoms with Crippen LogP contribution in [0, 0.1) is 0 Å². The lowest BCUT2D eigenvalue weighted by atomic mass is 9.83. The van der Waals surface area contributed by atoms with Crippen molar-refractivity contribution in [2.75, 3.05) is 4.90 Å². The number of furan rings is 1. The fourth-order valence-corrected chi connectivity index (χ4v) is 13.9. The second-order valence-corrected chi connectivity index (χ2v) is 21.7. The second kappa shape index (κ2) is 17.2. The van der Waals surface area contributed by atoms with Gasteiger partial charge in [-0.2, -0.15) is 0 Å². The average Bonchev–Trinajstić information content (AvgIpc) is 4.17. The standard InChI is InChI=1S/C72H48N2OS/c1-2-13-50(14-3-1)73(52-34-27-46(28-35-52)54-21-12-23-69-72(54)61-20-8-10-22-68(61)75-69)51-32-25-45(26-33-51)47-29-38-66-63(41-47)64-42-48(49-31-40-71-65(43-49)60-19-9-11-24-70(60)76-71)30-39-67(64)74(66)53-36-37-59-57-17-5-4-15-55(57)56-16-6-7-18-58(56)62(59)44-53/h1-5,8-15,17,19-44H,6-7,16,18H2. The second-order valence-electron chi connectivity index (χ2n) is 20.6. The van der Waals surface area contributed by atoms with E-state index in [1.54, 1.807) is 5.56 Å². The minimum atomic E-state index is 0.904. The van der Waals surface area contributed by atoms with Crippen LogP contribution in [0.5, 0.6) is 0 Å². The third kappa shape index (κ3) is 6.81. The number of nitrogens with zero attached hydrogens (tertiary/aromatic N) is 2. The van der Waals surface area contributed by atoms with Crippen molar-refractivity contribution in [1.29, 1.82) is 0 Å². The zero-order valence-electron chi connectivity index (χ0n) is 41.6. The third-order valence-corrected chi connectivity index (χ3v) is 17.5. The lowest BCUT2D eigenvalue weighted by molar-refractivity contribution is 0.669. The maximum atomic E-state index is 6.26. The summed E-state index contributed by atoms with van der Waals surface area (Å²) in [5.41, 5.74) is 18.9. The van der Waals surface area contributed by atoms with Gasteiger partial charge in [0, 0.05) is 64.5 Å². The minimum absolute atomic E-state index is 0.904. The highest BCUT2D eigenvalue weighted by Crippen LogP contribution is 2.44. The van der Waals surface area contributed by atoms with Crippen molar-refractivity contribution in [2.45, 2.75) is 25.7 Å². The van der Waals surface area contributed by atoms with Gasteiger partial charge in [0.2, 0.25) is 0 Å². The van der Waals surface area contributed by atoms with Crippen molar-refractivity contribution in [2.24, 2.45) is 0 Å². The molecule has 0 spiro atoms. The molecule has 0 bridgehead atoms. The van der Waals surface area contributed by atoms with Crippen LogP contribution in [0.4, 0.5) is 17.1 Å². The monoisotopic (exact) mass is 988 g/mol. The van der Waals surface area contributed by atoms with Gasteiger partial charge in [-0.3, -0.25) is 0 Å². The lowest BCUT2D eigenvalue weighted by Gasteiger charge is -2.26. The first kappa shape index (κ1) is 43.2. The van der Waals surface area contributed by atoms with Gasteiger partial charge < -0.3 is 13.9 Å². The highest BCUT2D eigenvalue weighted by atomic mass is 32.1. The molecular weight excluding hydrogens is 941 g/mol. The number of para-hydroxylation sites is 2. The van der Waals surface area contributed by atoms with Gasteiger partial charge >= 0.3 is 0 Å². The van der Waals surface area contributed by atoms with Crippen molar-refractivity contribution < 1.29 is 4.42 Å². The Morgan fingerprint density at radius 3 is 1.63 bits per heavy atom. The van der Waals surface area contributed by atoms with Crippen LogP contribution in [0.3, 0.4) is 0 Å². The molecule has 76 heavy (non-hydrogen) atoms. The molecular formula is C72H48N2OS. The van der Waals surface area contributed by atoms with Gasteiger partial charge in [0.1, 0.15) is 11.2 Å². The molecule has 0 saturated carbocycles. The first-order valence-corrected chi connectivity index (χ1v) is 27.4. The molecule has 16 rings (SSSR count). The molecule has 0 unspecified atom stereocenters. The van der Waals surface area contributed by atoms with Crippen LogP contribution in [0.25, 0.3) is 125 Å². The van der Waals surface area contributed by atoms with E-state index < -0.39 is 0 Å². The molecule has 0 atom stereocenters. The van der Waals surface area contributed by atoms with Crippen LogP contribution < -0.4 is 4.90 Å². The van der Waals surface area contributed by atoms with Gasteiger partial charge in [0.05, 0.1) is 11.0 Å². The summed E-state index contributed by atoms with van der Waals surface area (Å²) < 4.78 is 11.4. The molecule has 3 heterocycles. The predicted octanol–water partition coefficient (Wildman–Crippen LogP) is 20.7. The minimum Gasteiger partial charge on any atom is -0.456 e. The van der Waals surface area contributed by atoms with Gasteiger partial charge in [-0.1, -0.05) is 140 Å². The fraction of sp³-hybridized carbons (Fsp3) is 0.0556. The normalized spacial score (nSPS) is 12.8. The zero-order valence-corrected chi connectivity index (χ0v) is 42.4. The molecule has 0 N–H and O–H groups in total. The molecule has 0 radical (unpaired) electrons. The largest absolute Gasteiger partial charge is 0.456 e. The van der Waals surface area contributed by atoms with E-state index in [0.717, 1.165) is 57.4 Å². The van der Waals surface area contributed by atoms with Gasteiger partial charge in [0.15, 0.2) is 0 Å². The third-order valence-electron chi connectivity index (χ3n) is 16.4. The maximum Gasteiger partial charge on any atom is 0.136 e. The summed E-state index contributed by atoms with van der Waals surface area (Å²) in [5, 5.41) is 12.9. The molecule has 15 aromatic rings. The molecule has 0 amide bonds. The first-order valence-electron chi connectivity index (χ1n) is 26.6. The Balaban J connectivity index is 0.820. The molecule has 0 saturated heterocycles. The Labute approximate surface area is 443 Å². The van der Waals surface area contributed by atoms with Crippen molar-refractivity contribution in [3.05, 3.63) is 254 Å². The molecule has 0 aliphatic heterocycles. The average molecular weight is 989 g/mol. The van der Waals surface area contributed by atoms with Crippen molar-refractivity contribution >= 4 is 114 Å². The summed E-state index contributed by atoms with van der Waals surface area (Å²) in [6, 6.07) is 89.7. The van der Waals surface area contributed by atoms with Gasteiger partial charge in [-0.25, -0.2) is 0 Å². The summed E-state index contributed by atoms with van der Waals surface area (Å²) in [6.07, 6.45) is 4.76. The van der Waals surface area contributed by atoms with Crippen LogP contribution in [-0.2, 0) is 12.8 Å². The van der Waals surface area contributed by atoms with Gasteiger partial charge in [0.25, 0.3) is 0 Å². The van der Waals surface area contributed by atoms with E-state index in [9.17, 15) is 0 Å². The lowest BCUT2D eigenvalue weighted by Crippen LogP contribution is -2.09. The summed E-state index contributed by atoms with van der Waals surface area (Å²) in [4.78, 5) is 2.35. The van der Waals surface area contributed by atoms with E-state index >= 15 is 0 Å². The van der Waals surface area contributed by atoms with E-state index in [2.05, 4.69) is 240 Å². The molecule has 358 valence electrons. The van der Waals surface area contributed by atoms with E-state index in [4.69, 9.17) is 4.42 Å². The van der Waals surface area contributed by atoms with Crippen molar-refractivity contribution in [1.82, 2.24) is 4.57 Å². The highest BCUT2D eigenvalue weighted by molar-refractivity contribution is 7.25. The first-order chi connectivity index (χ1) is 37.7. The molecule has 4 heteroatoms. The molecule has 3 aromatic heterocycles. The number of fused-ring (bicyclic) bond motifs is 15. The number of aromatic nitrogens is 1. The number of anilines is 3. The quantitative estimate of drug-likeness (QED) is 0.148. The SMILES string of the molecule is c1ccc(N(c2ccc(-c3ccc4c(c3)c3cc(-c5ccc6sc7ccccc7c6c5)ccc3n4-c3ccc4c(c3)c3c(c5ccccc54)CCCC3)cc2)c2ccc(-c3cccc4oc5ccccc5c34)cc2)cc1. The number of hydrogen-bond donors (Lipinski definition) is 0. The summed E-state index contributed by atoms with van der Waals surface area (Å²) in [7, 11) is 0. The molecule has 3 nitrogen and oxygen atoms in total. The Hall–Kier alpha value is -9.22. The van der Waals surface area contributed by atoms with E-state index in [1.165, 1.54) is 115 Å². The highest BCUT2D eigenvalue weighted by Gasteiger charge is 2.22. The zero-order chi connectivity index (χ0) is 49.8. The summed E-state index contributed by atoms with van der Waals surface area (Å²) in [5.74, 6) is 0. The molecule has 1 aliphatic rings. The Kier molecular flexibility index (Phi) is 9.76. The fourth-order valence-electron chi connectivity index (χ4n) is 12.8. The van der Waals surface area contributed by atoms with Crippen molar-refractivity contribution in [3.8, 4) is 39.1 Å². The Morgan fingerprint density at radius 2 is 0.882 bits per heavy atom. The molecule has 0 fully saturated rings. The smallest absolute Gasteiger partial charge is 0.136 e. The van der Waals surface area contributed by atoms with Gasteiger partial charge in [-0.05, 0) is 195 Å². The number of hydrogen-bond acceptors (Lipinski definition) is 3. The molecule has 12 aromatic carbocycles. The summed E-state index contributed by atoms with van der Waals surface area (Å²) in [6.45, 7) is 0. The van der Waals surface area contributed by atoms with Crippen molar-refractivity contribution in [3.63, 3.8) is 0 Å². The number of rotatable bonds is 7. The van der Waals surface area contributed by atoms with Crippen LogP contribution in [0.15, 0.2) is 247 Å².